The highest BCUT2D eigenvalue weighted by molar-refractivity contribution is 5.79. The fourth-order valence-electron chi connectivity index (χ4n) is 4.14. The maximum atomic E-state index is 13.0. The van der Waals surface area contributed by atoms with E-state index in [4.69, 9.17) is 4.74 Å². The summed E-state index contributed by atoms with van der Waals surface area (Å²) in [5.74, 6) is 0.633. The van der Waals surface area contributed by atoms with Gasteiger partial charge in [-0.15, -0.1) is 0 Å². The van der Waals surface area contributed by atoms with Gasteiger partial charge in [0.05, 0.1) is 19.1 Å². The number of ether oxygens (including phenoxy) is 1. The summed E-state index contributed by atoms with van der Waals surface area (Å²) in [6.45, 7) is 8.54. The van der Waals surface area contributed by atoms with Crippen LogP contribution >= 0.6 is 0 Å². The number of hydrogen-bond donors (Lipinski definition) is 0. The highest BCUT2D eigenvalue weighted by atomic mass is 16.5. The van der Waals surface area contributed by atoms with E-state index in [1.807, 2.05) is 23.8 Å². The summed E-state index contributed by atoms with van der Waals surface area (Å²) in [5.41, 5.74) is -0.628. The van der Waals surface area contributed by atoms with Crippen LogP contribution in [0.15, 0.2) is 15.7 Å². The Morgan fingerprint density at radius 1 is 1.24 bits per heavy atom. The average Bonchev–Trinajstić information content (AvgIpc) is 2.76. The van der Waals surface area contributed by atoms with Crippen LogP contribution in [0.3, 0.4) is 0 Å². The molecule has 29 heavy (non-hydrogen) atoms. The predicted molar refractivity (Wildman–Crippen MR) is 111 cm³/mol. The topological polar surface area (TPSA) is 80.0 Å². The molecule has 162 valence electrons. The van der Waals surface area contributed by atoms with Gasteiger partial charge in [-0.2, -0.15) is 0 Å². The first kappa shape index (κ1) is 21.6. The highest BCUT2D eigenvalue weighted by Gasteiger charge is 2.29. The Bertz CT molecular complexity index is 827. The van der Waals surface area contributed by atoms with Crippen molar-refractivity contribution in [3.63, 3.8) is 0 Å². The molecule has 9 nitrogen and oxygen atoms in total. The first-order valence-electron chi connectivity index (χ1n) is 10.5. The second-order valence-electron chi connectivity index (χ2n) is 7.93. The number of aromatic nitrogens is 2. The lowest BCUT2D eigenvalue weighted by atomic mass is 9.96. The Morgan fingerprint density at radius 3 is 2.66 bits per heavy atom. The first-order chi connectivity index (χ1) is 13.9. The molecular weight excluding hydrogens is 374 g/mol. The molecule has 2 saturated heterocycles. The van der Waals surface area contributed by atoms with Crippen LogP contribution in [0.4, 0.5) is 5.82 Å². The number of piperidine rings is 1. The van der Waals surface area contributed by atoms with Gasteiger partial charge in [0.15, 0.2) is 0 Å². The molecule has 0 aromatic carbocycles. The van der Waals surface area contributed by atoms with Crippen LogP contribution in [0.5, 0.6) is 0 Å². The van der Waals surface area contributed by atoms with Crippen molar-refractivity contribution in [3.05, 3.63) is 26.9 Å². The fraction of sp³-hybridized carbons (Fsp3) is 0.750. The summed E-state index contributed by atoms with van der Waals surface area (Å²) in [7, 11) is 3.36. The molecule has 0 spiro atoms. The van der Waals surface area contributed by atoms with Crippen molar-refractivity contribution in [1.29, 1.82) is 0 Å². The van der Waals surface area contributed by atoms with Gasteiger partial charge in [-0.1, -0.05) is 0 Å². The molecule has 1 unspecified atom stereocenters. The van der Waals surface area contributed by atoms with Crippen LogP contribution in [0, 0.1) is 5.92 Å². The monoisotopic (exact) mass is 407 g/mol. The molecule has 0 bridgehead atoms. The molecular formula is C20H33N5O4. The molecule has 3 rings (SSSR count). The van der Waals surface area contributed by atoms with Crippen LogP contribution in [0.2, 0.25) is 0 Å². The lowest BCUT2D eigenvalue weighted by Gasteiger charge is -2.36. The van der Waals surface area contributed by atoms with Gasteiger partial charge in [-0.3, -0.25) is 23.6 Å². The van der Waals surface area contributed by atoms with Gasteiger partial charge < -0.3 is 14.5 Å². The second kappa shape index (κ2) is 9.58. The van der Waals surface area contributed by atoms with E-state index >= 15 is 0 Å². The van der Waals surface area contributed by atoms with Gasteiger partial charge in [0.1, 0.15) is 5.82 Å². The van der Waals surface area contributed by atoms with Gasteiger partial charge in [-0.05, 0) is 19.8 Å². The molecule has 2 fully saturated rings. The fourth-order valence-corrected chi connectivity index (χ4v) is 4.14. The lowest BCUT2D eigenvalue weighted by molar-refractivity contribution is -0.134. The van der Waals surface area contributed by atoms with Crippen molar-refractivity contribution in [3.8, 4) is 0 Å². The molecule has 1 atom stereocenters. The van der Waals surface area contributed by atoms with Gasteiger partial charge in [-0.25, -0.2) is 4.79 Å². The van der Waals surface area contributed by atoms with Gasteiger partial charge in [0, 0.05) is 66.0 Å². The minimum absolute atomic E-state index is 0.122. The van der Waals surface area contributed by atoms with Crippen molar-refractivity contribution in [1.82, 2.24) is 18.9 Å². The Kier molecular flexibility index (Phi) is 7.13. The number of carbonyl (C=O) groups is 1. The van der Waals surface area contributed by atoms with Crippen LogP contribution in [0.1, 0.15) is 19.8 Å². The van der Waals surface area contributed by atoms with E-state index in [1.54, 1.807) is 4.57 Å². The molecule has 2 aliphatic heterocycles. The van der Waals surface area contributed by atoms with Crippen LogP contribution in [-0.4, -0.2) is 84.4 Å². The summed E-state index contributed by atoms with van der Waals surface area (Å²) in [4.78, 5) is 43.8. The number of carbonyl (C=O) groups excluding carboxylic acids is 1. The van der Waals surface area contributed by atoms with Crippen molar-refractivity contribution < 1.29 is 9.53 Å². The summed E-state index contributed by atoms with van der Waals surface area (Å²) >= 11 is 0. The standard InChI is InChI=1S/C20H33N5O4/c1-4-25-17(14-18(26)22(3)20(25)28)24-7-5-6-16(15-24)19(27)21(2)8-9-23-10-12-29-13-11-23/h14,16H,4-13,15H2,1-3H3. The zero-order valence-corrected chi connectivity index (χ0v) is 17.8. The summed E-state index contributed by atoms with van der Waals surface area (Å²) in [5, 5.41) is 0. The van der Waals surface area contributed by atoms with Crippen molar-refractivity contribution in [2.45, 2.75) is 26.3 Å². The summed E-state index contributed by atoms with van der Waals surface area (Å²) < 4.78 is 8.10. The van der Waals surface area contributed by atoms with E-state index in [2.05, 4.69) is 4.90 Å². The Hall–Kier alpha value is -2.13. The normalized spacial score (nSPS) is 20.7. The highest BCUT2D eigenvalue weighted by Crippen LogP contribution is 2.23. The molecule has 0 N–H and O–H groups in total. The van der Waals surface area contributed by atoms with E-state index in [9.17, 15) is 14.4 Å². The zero-order valence-electron chi connectivity index (χ0n) is 17.8. The van der Waals surface area contributed by atoms with E-state index in [0.717, 1.165) is 56.8 Å². The average molecular weight is 408 g/mol. The second-order valence-corrected chi connectivity index (χ2v) is 7.93. The largest absolute Gasteiger partial charge is 0.379 e. The third-order valence-electron chi connectivity index (χ3n) is 6.02. The van der Waals surface area contributed by atoms with E-state index in [1.165, 1.54) is 13.1 Å². The number of likely N-dealkylation sites (N-methyl/N-ethyl adjacent to an activating group) is 1. The minimum atomic E-state index is -0.314. The van der Waals surface area contributed by atoms with Crippen molar-refractivity contribution >= 4 is 11.7 Å². The van der Waals surface area contributed by atoms with Gasteiger partial charge >= 0.3 is 5.69 Å². The van der Waals surface area contributed by atoms with E-state index in [-0.39, 0.29) is 23.1 Å². The first-order valence-corrected chi connectivity index (χ1v) is 10.5. The number of hydrogen-bond acceptors (Lipinski definition) is 6. The number of amides is 1. The molecule has 3 heterocycles. The van der Waals surface area contributed by atoms with Crippen LogP contribution in [0.25, 0.3) is 0 Å². The minimum Gasteiger partial charge on any atom is -0.379 e. The van der Waals surface area contributed by atoms with Crippen molar-refractivity contribution in [2.24, 2.45) is 13.0 Å². The Labute approximate surface area is 171 Å². The Balaban J connectivity index is 1.66. The van der Waals surface area contributed by atoms with E-state index in [0.29, 0.717) is 25.5 Å². The number of rotatable bonds is 6. The Morgan fingerprint density at radius 2 is 1.97 bits per heavy atom. The molecule has 0 radical (unpaired) electrons. The molecule has 1 amide bonds. The maximum absolute atomic E-state index is 13.0. The molecule has 9 heteroatoms. The molecule has 0 saturated carbocycles. The summed E-state index contributed by atoms with van der Waals surface area (Å²) in [6, 6.07) is 1.51. The predicted octanol–water partition coefficient (Wildman–Crippen LogP) is -0.426. The lowest BCUT2D eigenvalue weighted by Crippen LogP contribution is -2.48. The number of morpholine rings is 1. The van der Waals surface area contributed by atoms with Gasteiger partial charge in [0.2, 0.25) is 5.91 Å². The maximum Gasteiger partial charge on any atom is 0.332 e. The van der Waals surface area contributed by atoms with Crippen LogP contribution in [-0.2, 0) is 23.1 Å². The van der Waals surface area contributed by atoms with Crippen molar-refractivity contribution in [2.75, 3.05) is 64.4 Å². The third-order valence-corrected chi connectivity index (χ3v) is 6.02. The third kappa shape index (κ3) is 4.90. The molecule has 2 aliphatic rings. The SMILES string of the molecule is CCn1c(N2CCCC(C(=O)N(C)CCN3CCOCC3)C2)cc(=O)n(C)c1=O. The number of anilines is 1. The molecule has 1 aromatic rings. The summed E-state index contributed by atoms with van der Waals surface area (Å²) in [6.07, 6.45) is 1.69. The number of nitrogens with zero attached hydrogens (tertiary/aromatic N) is 5. The van der Waals surface area contributed by atoms with E-state index < -0.39 is 0 Å². The molecule has 1 aromatic heterocycles. The smallest absolute Gasteiger partial charge is 0.332 e. The molecule has 0 aliphatic carbocycles. The van der Waals surface area contributed by atoms with Crippen LogP contribution < -0.4 is 16.1 Å². The quantitative estimate of drug-likeness (QED) is 0.637. The van der Waals surface area contributed by atoms with Gasteiger partial charge in [0.25, 0.3) is 5.56 Å². The zero-order chi connectivity index (χ0) is 21.0.